The van der Waals surface area contributed by atoms with Gasteiger partial charge >= 0.3 is 5.69 Å². The van der Waals surface area contributed by atoms with E-state index in [0.717, 1.165) is 0 Å². The molecule has 0 fully saturated rings. The summed E-state index contributed by atoms with van der Waals surface area (Å²) in [5.41, 5.74) is -0.410. The quantitative estimate of drug-likeness (QED) is 0.755. The number of nitrogens with one attached hydrogen (secondary N) is 2. The summed E-state index contributed by atoms with van der Waals surface area (Å²) in [6.07, 6.45) is 0. The lowest BCUT2D eigenvalue weighted by Crippen LogP contribution is -2.00. The van der Waals surface area contributed by atoms with Gasteiger partial charge in [0.05, 0.1) is 10.6 Å². The number of hydrogen-bond donors (Lipinski definition) is 2. The zero-order chi connectivity index (χ0) is 10.1. The summed E-state index contributed by atoms with van der Waals surface area (Å²) in [5.74, 6) is -0.432. The highest BCUT2D eigenvalue weighted by Gasteiger charge is 2.12. The van der Waals surface area contributed by atoms with Crippen LogP contribution >= 0.6 is 11.6 Å². The van der Waals surface area contributed by atoms with Gasteiger partial charge in [0, 0.05) is 0 Å². The number of hydrogen-bond acceptors (Lipinski definition) is 2. The first-order chi connectivity index (χ1) is 6.68. The Labute approximate surface area is 82.7 Å². The number of benzene rings is 1. The van der Waals surface area contributed by atoms with Gasteiger partial charge in [0.1, 0.15) is 5.82 Å². The lowest BCUT2D eigenvalue weighted by molar-refractivity contribution is 0.630. The molecule has 0 saturated heterocycles. The second-order valence-electron chi connectivity index (χ2n) is 2.62. The molecule has 0 aliphatic carbocycles. The summed E-state index contributed by atoms with van der Waals surface area (Å²) in [6.45, 7) is 0. The van der Waals surface area contributed by atoms with E-state index in [9.17, 15) is 9.18 Å². The zero-order valence-electron chi connectivity index (χ0n) is 6.84. The van der Waals surface area contributed by atoms with Crippen molar-refractivity contribution < 1.29 is 4.39 Å². The fourth-order valence-corrected chi connectivity index (χ4v) is 1.37. The van der Waals surface area contributed by atoms with Gasteiger partial charge in [-0.25, -0.2) is 14.3 Å². The van der Waals surface area contributed by atoms with Gasteiger partial charge < -0.3 is 0 Å². The van der Waals surface area contributed by atoms with E-state index >= 15 is 0 Å². The standard InChI is InChI=1S/C8H5ClFN3O/c9-4-2-1-3-5(10)6(4)7-11-8(14)13-12-7/h1-3H,(H2,11,12,13,14). The normalized spacial score (nSPS) is 10.4. The molecule has 6 heteroatoms. The number of rotatable bonds is 1. The molecule has 0 unspecified atom stereocenters. The average Bonchev–Trinajstić information content (AvgIpc) is 2.51. The van der Waals surface area contributed by atoms with E-state index in [-0.39, 0.29) is 16.4 Å². The number of aromatic amines is 2. The summed E-state index contributed by atoms with van der Waals surface area (Å²) < 4.78 is 13.3. The Morgan fingerprint density at radius 3 is 2.79 bits per heavy atom. The zero-order valence-corrected chi connectivity index (χ0v) is 7.60. The van der Waals surface area contributed by atoms with Crippen LogP contribution in [0.5, 0.6) is 0 Å². The molecule has 0 bridgehead atoms. The van der Waals surface area contributed by atoms with Crippen molar-refractivity contribution in [2.75, 3.05) is 0 Å². The van der Waals surface area contributed by atoms with Gasteiger partial charge in [-0.1, -0.05) is 17.7 Å². The van der Waals surface area contributed by atoms with E-state index in [1.165, 1.54) is 18.2 Å². The first-order valence-electron chi connectivity index (χ1n) is 3.77. The molecule has 0 aliphatic rings. The monoisotopic (exact) mass is 213 g/mol. The minimum absolute atomic E-state index is 0.0903. The van der Waals surface area contributed by atoms with E-state index in [2.05, 4.69) is 15.2 Å². The molecule has 0 amide bonds. The predicted octanol–water partition coefficient (Wildman–Crippen LogP) is 1.56. The number of nitrogens with zero attached hydrogens (tertiary/aromatic N) is 1. The third-order valence-corrected chi connectivity index (χ3v) is 2.02. The van der Waals surface area contributed by atoms with Gasteiger partial charge in [0.2, 0.25) is 0 Å². The van der Waals surface area contributed by atoms with Crippen molar-refractivity contribution in [2.24, 2.45) is 0 Å². The molecule has 0 atom stereocenters. The first kappa shape index (κ1) is 8.96. The van der Waals surface area contributed by atoms with Crippen LogP contribution in [0.2, 0.25) is 5.02 Å². The highest BCUT2D eigenvalue weighted by atomic mass is 35.5. The highest BCUT2D eigenvalue weighted by molar-refractivity contribution is 6.33. The second-order valence-corrected chi connectivity index (χ2v) is 3.03. The van der Waals surface area contributed by atoms with E-state index in [4.69, 9.17) is 11.6 Å². The SMILES string of the molecule is O=c1[nH]nc(-c2c(F)cccc2Cl)[nH]1. The van der Waals surface area contributed by atoms with E-state index in [1.54, 1.807) is 0 Å². The molecule has 0 radical (unpaired) electrons. The predicted molar refractivity (Wildman–Crippen MR) is 49.6 cm³/mol. The van der Waals surface area contributed by atoms with Crippen molar-refractivity contribution in [3.05, 3.63) is 39.5 Å². The Hall–Kier alpha value is -1.62. The highest BCUT2D eigenvalue weighted by Crippen LogP contribution is 2.26. The summed E-state index contributed by atoms with van der Waals surface area (Å²) in [6, 6.07) is 4.24. The molecule has 14 heavy (non-hydrogen) atoms. The Morgan fingerprint density at radius 2 is 2.21 bits per heavy atom. The van der Waals surface area contributed by atoms with Crippen molar-refractivity contribution in [3.63, 3.8) is 0 Å². The van der Waals surface area contributed by atoms with E-state index in [1.807, 2.05) is 0 Å². The van der Waals surface area contributed by atoms with Crippen LogP contribution in [0.4, 0.5) is 4.39 Å². The minimum Gasteiger partial charge on any atom is -0.289 e. The van der Waals surface area contributed by atoms with E-state index < -0.39 is 11.5 Å². The van der Waals surface area contributed by atoms with Crippen LogP contribution in [0.1, 0.15) is 0 Å². The van der Waals surface area contributed by atoms with Crippen LogP contribution in [-0.2, 0) is 0 Å². The molecule has 1 aromatic heterocycles. The molecule has 0 aliphatic heterocycles. The average molecular weight is 214 g/mol. The molecule has 0 saturated carbocycles. The Morgan fingerprint density at radius 1 is 1.43 bits per heavy atom. The van der Waals surface area contributed by atoms with Gasteiger partial charge in [-0.15, -0.1) is 0 Å². The molecule has 4 nitrogen and oxygen atoms in total. The van der Waals surface area contributed by atoms with Crippen LogP contribution < -0.4 is 5.69 Å². The molecular formula is C8H5ClFN3O. The van der Waals surface area contributed by atoms with Crippen molar-refractivity contribution in [2.45, 2.75) is 0 Å². The topological polar surface area (TPSA) is 61.5 Å². The van der Waals surface area contributed by atoms with Crippen molar-refractivity contribution in [1.29, 1.82) is 0 Å². The number of H-pyrrole nitrogens is 2. The van der Waals surface area contributed by atoms with Crippen molar-refractivity contribution in [1.82, 2.24) is 15.2 Å². The third-order valence-electron chi connectivity index (χ3n) is 1.70. The molecular weight excluding hydrogens is 209 g/mol. The molecule has 2 rings (SSSR count). The summed E-state index contributed by atoms with van der Waals surface area (Å²) in [5, 5.41) is 5.93. The van der Waals surface area contributed by atoms with Gasteiger partial charge in [0.25, 0.3) is 0 Å². The molecule has 0 spiro atoms. The lowest BCUT2D eigenvalue weighted by Gasteiger charge is -2.00. The van der Waals surface area contributed by atoms with E-state index in [0.29, 0.717) is 0 Å². The minimum atomic E-state index is -0.528. The molecule has 72 valence electrons. The summed E-state index contributed by atoms with van der Waals surface area (Å²) in [7, 11) is 0. The van der Waals surface area contributed by atoms with Crippen LogP contribution in [-0.4, -0.2) is 15.2 Å². The number of halogens is 2. The molecule has 2 N–H and O–H groups in total. The van der Waals surface area contributed by atoms with Gasteiger partial charge in [-0.05, 0) is 12.1 Å². The Kier molecular flexibility index (Phi) is 2.09. The van der Waals surface area contributed by atoms with Gasteiger partial charge in [-0.2, -0.15) is 5.10 Å². The summed E-state index contributed by atoms with van der Waals surface area (Å²) in [4.78, 5) is 13.1. The van der Waals surface area contributed by atoms with Crippen molar-refractivity contribution in [3.8, 4) is 11.4 Å². The first-order valence-corrected chi connectivity index (χ1v) is 4.15. The van der Waals surface area contributed by atoms with Crippen LogP contribution in [0.25, 0.3) is 11.4 Å². The molecule has 1 heterocycles. The lowest BCUT2D eigenvalue weighted by atomic mass is 10.2. The van der Waals surface area contributed by atoms with Crippen LogP contribution in [0.15, 0.2) is 23.0 Å². The van der Waals surface area contributed by atoms with Crippen LogP contribution in [0.3, 0.4) is 0 Å². The fraction of sp³-hybridized carbons (Fsp3) is 0. The fourth-order valence-electron chi connectivity index (χ4n) is 1.11. The third kappa shape index (κ3) is 1.42. The second kappa shape index (κ2) is 3.26. The maximum absolute atomic E-state index is 13.3. The maximum atomic E-state index is 13.3. The largest absolute Gasteiger partial charge is 0.340 e. The Bertz CT molecular complexity index is 499. The smallest absolute Gasteiger partial charge is 0.289 e. The van der Waals surface area contributed by atoms with Gasteiger partial charge in [0.15, 0.2) is 5.82 Å². The Balaban J connectivity index is 2.67. The maximum Gasteiger partial charge on any atom is 0.340 e. The van der Waals surface area contributed by atoms with Crippen molar-refractivity contribution >= 4 is 11.6 Å². The summed E-state index contributed by atoms with van der Waals surface area (Å²) >= 11 is 5.76. The molecule has 1 aromatic carbocycles. The molecule has 2 aromatic rings. The number of aromatic nitrogens is 3. The van der Waals surface area contributed by atoms with Gasteiger partial charge in [-0.3, -0.25) is 4.98 Å². The van der Waals surface area contributed by atoms with Crippen LogP contribution in [0, 0.1) is 5.82 Å².